The van der Waals surface area contributed by atoms with E-state index in [1.807, 2.05) is 0 Å². The number of hydrogen-bond donors (Lipinski definition) is 0. The Bertz CT molecular complexity index is 532. The fraction of sp³-hybridized carbons (Fsp3) is 0.500. The number of rotatable bonds is 9. The van der Waals surface area contributed by atoms with Crippen molar-refractivity contribution in [3.8, 4) is 0 Å². The predicted octanol–water partition coefficient (Wildman–Crippen LogP) is 2.76. The molecule has 0 fully saturated rings. The van der Waals surface area contributed by atoms with E-state index in [4.69, 9.17) is 13.6 Å². The second kappa shape index (κ2) is 7.90. The Labute approximate surface area is 119 Å². The van der Waals surface area contributed by atoms with Gasteiger partial charge in [0.05, 0.1) is 19.0 Å². The molecule has 0 N–H and O–H groups in total. The number of benzene rings is 1. The molecule has 0 spiro atoms. The molecule has 0 saturated heterocycles. The van der Waals surface area contributed by atoms with Crippen molar-refractivity contribution >= 4 is 17.7 Å². The van der Waals surface area contributed by atoms with E-state index in [9.17, 15) is 13.0 Å². The zero-order chi connectivity index (χ0) is 15.1. The Morgan fingerprint density at radius 1 is 1.00 bits per heavy atom. The summed E-state index contributed by atoms with van der Waals surface area (Å²) in [6.07, 6.45) is 0. The van der Waals surface area contributed by atoms with Crippen molar-refractivity contribution < 1.29 is 26.6 Å². The number of sulfone groups is 1. The molecule has 0 radical (unpaired) electrons. The lowest BCUT2D eigenvalue weighted by Gasteiger charge is -2.16. The van der Waals surface area contributed by atoms with Crippen LogP contribution in [0.4, 0.5) is 0 Å². The van der Waals surface area contributed by atoms with Crippen molar-refractivity contribution in [1.82, 2.24) is 0 Å². The smallest absolute Gasteiger partial charge is 0.287 e. The van der Waals surface area contributed by atoms with E-state index in [0.717, 1.165) is 0 Å². The maximum Gasteiger partial charge on any atom is 0.475 e. The minimum atomic E-state index is -3.80. The fourth-order valence-electron chi connectivity index (χ4n) is 1.44. The van der Waals surface area contributed by atoms with Gasteiger partial charge in [-0.25, -0.2) is 13.0 Å². The first kappa shape index (κ1) is 17.3. The van der Waals surface area contributed by atoms with E-state index in [1.54, 1.807) is 44.2 Å². The van der Waals surface area contributed by atoms with E-state index in [-0.39, 0.29) is 19.0 Å². The maximum absolute atomic E-state index is 12.0. The third-order valence-electron chi connectivity index (χ3n) is 2.19. The van der Waals surface area contributed by atoms with Crippen LogP contribution in [0.25, 0.3) is 0 Å². The third-order valence-corrected chi connectivity index (χ3v) is 5.21. The summed E-state index contributed by atoms with van der Waals surface area (Å²) in [5, 5.41) is 0. The molecule has 114 valence electrons. The monoisotopic (exact) mass is 322 g/mol. The first-order valence-electron chi connectivity index (χ1n) is 6.19. The highest BCUT2D eigenvalue weighted by atomic mass is 32.2. The molecule has 8 heteroatoms. The van der Waals surface area contributed by atoms with Gasteiger partial charge in [0.2, 0.25) is 0 Å². The topological polar surface area (TPSA) is 78.9 Å². The molecule has 0 aliphatic heterocycles. The zero-order valence-electron chi connectivity index (χ0n) is 11.5. The lowest BCUT2D eigenvalue weighted by atomic mass is 10.2. The van der Waals surface area contributed by atoms with Gasteiger partial charge >= 0.3 is 7.82 Å². The zero-order valence-corrected chi connectivity index (χ0v) is 13.2. The van der Waals surface area contributed by atoms with Crippen LogP contribution >= 0.6 is 7.82 Å². The summed E-state index contributed by atoms with van der Waals surface area (Å²) < 4.78 is 50.4. The fourth-order valence-corrected chi connectivity index (χ4v) is 4.24. The summed E-state index contributed by atoms with van der Waals surface area (Å²) in [6.45, 7) is 3.45. The first-order chi connectivity index (χ1) is 9.41. The second-order valence-corrected chi connectivity index (χ2v) is 7.58. The highest BCUT2D eigenvalue weighted by Gasteiger charge is 2.28. The summed E-state index contributed by atoms with van der Waals surface area (Å²) in [6, 6.07) is 8.68. The van der Waals surface area contributed by atoms with Gasteiger partial charge in [-0.2, -0.15) is 0 Å². The van der Waals surface area contributed by atoms with Crippen molar-refractivity contribution in [2.75, 3.05) is 19.2 Å². The molecule has 6 nitrogen and oxygen atoms in total. The Morgan fingerprint density at radius 2 is 1.55 bits per heavy atom. The summed E-state index contributed by atoms with van der Waals surface area (Å²) in [5.41, 5.74) is 0.638. The first-order valence-corrected chi connectivity index (χ1v) is 9.47. The molecule has 0 aliphatic carbocycles. The Morgan fingerprint density at radius 3 is 2.05 bits per heavy atom. The van der Waals surface area contributed by atoms with Crippen LogP contribution in [0.5, 0.6) is 0 Å². The second-order valence-electron chi connectivity index (χ2n) is 3.90. The van der Waals surface area contributed by atoms with Crippen LogP contribution in [0.1, 0.15) is 19.4 Å². The minimum Gasteiger partial charge on any atom is -0.287 e. The molecule has 1 aromatic rings. The van der Waals surface area contributed by atoms with E-state index in [0.29, 0.717) is 5.56 Å². The van der Waals surface area contributed by atoms with Crippen molar-refractivity contribution in [3.63, 3.8) is 0 Å². The van der Waals surface area contributed by atoms with Crippen LogP contribution in [0.2, 0.25) is 0 Å². The van der Waals surface area contributed by atoms with Crippen molar-refractivity contribution in [2.45, 2.75) is 19.6 Å². The lowest BCUT2D eigenvalue weighted by Crippen LogP contribution is -2.13. The number of phosphoric ester groups is 1. The summed E-state index contributed by atoms with van der Waals surface area (Å²) in [5.74, 6) is -0.898. The molecule has 0 bridgehead atoms. The van der Waals surface area contributed by atoms with Gasteiger partial charge in [0.15, 0.2) is 15.8 Å². The van der Waals surface area contributed by atoms with Crippen LogP contribution in [0, 0.1) is 0 Å². The van der Waals surface area contributed by atoms with Gasteiger partial charge in [-0.05, 0) is 19.4 Å². The van der Waals surface area contributed by atoms with E-state index in [2.05, 4.69) is 0 Å². The third kappa shape index (κ3) is 6.15. The molecule has 0 unspecified atom stereocenters. The maximum atomic E-state index is 12.0. The Hall–Kier alpha value is -0.720. The molecule has 0 amide bonds. The quantitative estimate of drug-likeness (QED) is 0.650. The number of hydrogen-bond acceptors (Lipinski definition) is 6. The molecule has 0 heterocycles. The van der Waals surface area contributed by atoms with Gasteiger partial charge in [-0.3, -0.25) is 13.6 Å². The van der Waals surface area contributed by atoms with Crippen LogP contribution < -0.4 is 0 Å². The van der Waals surface area contributed by atoms with Gasteiger partial charge < -0.3 is 0 Å². The molecule has 20 heavy (non-hydrogen) atoms. The highest BCUT2D eigenvalue weighted by Crippen LogP contribution is 2.49. The van der Waals surface area contributed by atoms with Gasteiger partial charge in [0.25, 0.3) is 0 Å². The van der Waals surface area contributed by atoms with Crippen molar-refractivity contribution in [1.29, 1.82) is 0 Å². The predicted molar refractivity (Wildman–Crippen MR) is 75.9 cm³/mol. The van der Waals surface area contributed by atoms with Crippen molar-refractivity contribution in [2.24, 2.45) is 0 Å². The average Bonchev–Trinajstić information content (AvgIpc) is 2.38. The van der Waals surface area contributed by atoms with Gasteiger partial charge in [-0.1, -0.05) is 30.3 Å². The molecule has 1 rings (SSSR count). The van der Waals surface area contributed by atoms with E-state index in [1.165, 1.54) is 0 Å². The average molecular weight is 322 g/mol. The molecule has 0 saturated carbocycles. The summed E-state index contributed by atoms with van der Waals surface area (Å²) in [4.78, 5) is 0. The number of phosphoric acid groups is 1. The van der Waals surface area contributed by atoms with Gasteiger partial charge in [0, 0.05) is 0 Å². The standard InChI is InChI=1S/C12H19O6PS/c1-3-16-19(13,17-4-2)18-11-20(14,15)10-12-8-6-5-7-9-12/h5-9H,3-4,10-11H2,1-2H3. The van der Waals surface area contributed by atoms with Crippen molar-refractivity contribution in [3.05, 3.63) is 35.9 Å². The lowest BCUT2D eigenvalue weighted by molar-refractivity contribution is 0.135. The van der Waals surface area contributed by atoms with Crippen LogP contribution in [0.15, 0.2) is 30.3 Å². The molecular formula is C12H19O6PS. The Kier molecular flexibility index (Phi) is 6.85. The van der Waals surface area contributed by atoms with E-state index >= 15 is 0 Å². The summed E-state index contributed by atoms with van der Waals surface area (Å²) in [7, 11) is -7.36. The molecule has 0 atom stereocenters. The highest BCUT2D eigenvalue weighted by molar-refractivity contribution is 7.90. The largest absolute Gasteiger partial charge is 0.475 e. The molecule has 1 aromatic carbocycles. The van der Waals surface area contributed by atoms with Crippen LogP contribution in [-0.2, 0) is 33.7 Å². The van der Waals surface area contributed by atoms with Crippen LogP contribution in [-0.4, -0.2) is 27.6 Å². The minimum absolute atomic E-state index is 0.107. The Balaban J connectivity index is 2.64. The normalized spacial score (nSPS) is 12.5. The molecule has 0 aliphatic rings. The van der Waals surface area contributed by atoms with Gasteiger partial charge in [0.1, 0.15) is 0 Å². The molecule has 0 aromatic heterocycles. The van der Waals surface area contributed by atoms with E-state index < -0.39 is 23.6 Å². The molecular weight excluding hydrogens is 303 g/mol. The van der Waals surface area contributed by atoms with Crippen LogP contribution in [0.3, 0.4) is 0 Å². The SMILES string of the molecule is CCOP(=O)(OCC)OCS(=O)(=O)Cc1ccccc1. The van der Waals surface area contributed by atoms with Gasteiger partial charge in [-0.15, -0.1) is 0 Å². The summed E-state index contributed by atoms with van der Waals surface area (Å²) >= 11 is 0.